The lowest BCUT2D eigenvalue weighted by molar-refractivity contribution is -0.125. The van der Waals surface area contributed by atoms with E-state index in [2.05, 4.69) is 13.8 Å². The second kappa shape index (κ2) is 5.73. The van der Waals surface area contributed by atoms with Gasteiger partial charge in [0, 0.05) is 14.2 Å². The molecule has 0 amide bonds. The molecule has 2 nitrogen and oxygen atoms in total. The average molecular weight is 321 g/mol. The van der Waals surface area contributed by atoms with E-state index in [1.807, 2.05) is 14.2 Å². The summed E-state index contributed by atoms with van der Waals surface area (Å²) in [6.07, 6.45) is 13.5. The fourth-order valence-corrected chi connectivity index (χ4v) is 7.61. The van der Waals surface area contributed by atoms with Crippen molar-refractivity contribution in [2.45, 2.75) is 83.8 Å². The Labute approximate surface area is 142 Å². The van der Waals surface area contributed by atoms with Crippen molar-refractivity contribution in [3.8, 4) is 0 Å². The third-order valence-corrected chi connectivity index (χ3v) is 9.01. The van der Waals surface area contributed by atoms with Gasteiger partial charge in [-0.1, -0.05) is 13.8 Å². The van der Waals surface area contributed by atoms with E-state index in [1.54, 1.807) is 0 Å². The van der Waals surface area contributed by atoms with Crippen molar-refractivity contribution in [1.29, 1.82) is 0 Å². The van der Waals surface area contributed by atoms with Crippen molar-refractivity contribution in [1.82, 2.24) is 0 Å². The summed E-state index contributed by atoms with van der Waals surface area (Å²) in [7, 11) is 3.83. The Bertz CT molecular complexity index is 449. The van der Waals surface area contributed by atoms with E-state index in [-0.39, 0.29) is 0 Å². The molecule has 4 saturated carbocycles. The van der Waals surface area contributed by atoms with Crippen LogP contribution in [0.25, 0.3) is 0 Å². The summed E-state index contributed by atoms with van der Waals surface area (Å²) in [5.41, 5.74) is 1.15. The summed E-state index contributed by atoms with van der Waals surface area (Å²) in [4.78, 5) is 0. The number of fused-ring (bicyclic) bond motifs is 5. The van der Waals surface area contributed by atoms with Gasteiger partial charge in [0.1, 0.15) is 0 Å². The van der Waals surface area contributed by atoms with Crippen LogP contribution in [0.2, 0.25) is 0 Å². The molecule has 0 bridgehead atoms. The SMILES string of the molecule is COC1CC[C@@]2(C)C(CC[C@H]3[C@@H]4CC(OC)C[C@@]4(C)CC[C@@H]32)C1. The maximum absolute atomic E-state index is 5.79. The van der Waals surface area contributed by atoms with Crippen LogP contribution < -0.4 is 0 Å². The number of rotatable bonds is 2. The molecule has 0 aliphatic heterocycles. The summed E-state index contributed by atoms with van der Waals surface area (Å²) in [5, 5.41) is 0. The van der Waals surface area contributed by atoms with Crippen molar-refractivity contribution in [3.05, 3.63) is 0 Å². The molecule has 0 N–H and O–H groups in total. The molecule has 0 aromatic rings. The minimum atomic E-state index is 0.526. The van der Waals surface area contributed by atoms with Crippen LogP contribution in [0, 0.1) is 34.5 Å². The highest BCUT2D eigenvalue weighted by atomic mass is 16.5. The molecule has 132 valence electrons. The zero-order chi connectivity index (χ0) is 16.2. The summed E-state index contributed by atoms with van der Waals surface area (Å²) >= 11 is 0. The van der Waals surface area contributed by atoms with Crippen molar-refractivity contribution in [2.75, 3.05) is 14.2 Å². The molecule has 3 unspecified atom stereocenters. The third-order valence-electron chi connectivity index (χ3n) is 9.01. The highest BCUT2D eigenvalue weighted by Crippen LogP contribution is 2.66. The highest BCUT2D eigenvalue weighted by molar-refractivity contribution is 5.08. The van der Waals surface area contributed by atoms with E-state index >= 15 is 0 Å². The smallest absolute Gasteiger partial charge is 0.0579 e. The van der Waals surface area contributed by atoms with E-state index in [4.69, 9.17) is 9.47 Å². The van der Waals surface area contributed by atoms with Gasteiger partial charge in [-0.05, 0) is 92.3 Å². The van der Waals surface area contributed by atoms with Gasteiger partial charge in [0.05, 0.1) is 12.2 Å². The van der Waals surface area contributed by atoms with Gasteiger partial charge in [-0.3, -0.25) is 0 Å². The molecule has 0 heterocycles. The molecular weight excluding hydrogens is 284 g/mol. The first-order valence-electron chi connectivity index (χ1n) is 10.1. The third kappa shape index (κ3) is 2.42. The molecule has 0 spiro atoms. The normalized spacial score (nSPS) is 55.8. The van der Waals surface area contributed by atoms with Gasteiger partial charge < -0.3 is 9.47 Å². The monoisotopic (exact) mass is 320 g/mol. The number of methoxy groups -OCH3 is 2. The first kappa shape index (κ1) is 16.4. The summed E-state index contributed by atoms with van der Waals surface area (Å²) in [5.74, 6) is 3.76. The molecule has 0 aromatic carbocycles. The molecule has 4 aliphatic carbocycles. The zero-order valence-corrected chi connectivity index (χ0v) is 15.6. The second-order valence-electron chi connectivity index (χ2n) is 9.78. The van der Waals surface area contributed by atoms with Crippen LogP contribution in [-0.2, 0) is 9.47 Å². The molecule has 4 aliphatic rings. The lowest BCUT2D eigenvalue weighted by atomic mass is 9.45. The predicted molar refractivity (Wildman–Crippen MR) is 93.3 cm³/mol. The van der Waals surface area contributed by atoms with Crippen LogP contribution in [0.5, 0.6) is 0 Å². The molecule has 23 heavy (non-hydrogen) atoms. The predicted octanol–water partition coefficient (Wildman–Crippen LogP) is 5.06. The lowest BCUT2D eigenvalue weighted by Crippen LogP contribution is -2.53. The molecule has 4 fully saturated rings. The van der Waals surface area contributed by atoms with Gasteiger partial charge in [-0.2, -0.15) is 0 Å². The molecular formula is C21H36O2. The van der Waals surface area contributed by atoms with Gasteiger partial charge in [0.2, 0.25) is 0 Å². The Morgan fingerprint density at radius 1 is 0.783 bits per heavy atom. The second-order valence-corrected chi connectivity index (χ2v) is 9.78. The Balaban J connectivity index is 1.57. The Kier molecular flexibility index (Phi) is 4.08. The van der Waals surface area contributed by atoms with E-state index in [0.29, 0.717) is 23.0 Å². The van der Waals surface area contributed by atoms with Gasteiger partial charge in [0.25, 0.3) is 0 Å². The lowest BCUT2D eigenvalue weighted by Gasteiger charge is -2.60. The Hall–Kier alpha value is -0.0800. The number of hydrogen-bond donors (Lipinski definition) is 0. The molecule has 8 atom stereocenters. The topological polar surface area (TPSA) is 18.5 Å². The summed E-state index contributed by atoms with van der Waals surface area (Å²) in [6.45, 7) is 5.22. The van der Waals surface area contributed by atoms with E-state index in [1.165, 1.54) is 57.8 Å². The molecule has 0 radical (unpaired) electrons. The Morgan fingerprint density at radius 2 is 1.57 bits per heavy atom. The minimum absolute atomic E-state index is 0.526. The average Bonchev–Trinajstić information content (AvgIpc) is 2.91. The zero-order valence-electron chi connectivity index (χ0n) is 15.6. The fraction of sp³-hybridized carbons (Fsp3) is 1.00. The molecule has 4 rings (SSSR count). The van der Waals surface area contributed by atoms with Crippen molar-refractivity contribution in [3.63, 3.8) is 0 Å². The van der Waals surface area contributed by atoms with Crippen molar-refractivity contribution < 1.29 is 9.47 Å². The molecule has 0 saturated heterocycles. The van der Waals surface area contributed by atoms with Crippen LogP contribution in [0.15, 0.2) is 0 Å². The Morgan fingerprint density at radius 3 is 2.30 bits per heavy atom. The van der Waals surface area contributed by atoms with E-state index in [0.717, 1.165) is 23.7 Å². The summed E-state index contributed by atoms with van der Waals surface area (Å²) in [6, 6.07) is 0. The summed E-state index contributed by atoms with van der Waals surface area (Å²) < 4.78 is 11.5. The van der Waals surface area contributed by atoms with E-state index < -0.39 is 0 Å². The van der Waals surface area contributed by atoms with Crippen LogP contribution in [0.3, 0.4) is 0 Å². The van der Waals surface area contributed by atoms with Gasteiger partial charge in [0.15, 0.2) is 0 Å². The first-order chi connectivity index (χ1) is 11.0. The largest absolute Gasteiger partial charge is 0.381 e. The van der Waals surface area contributed by atoms with E-state index in [9.17, 15) is 0 Å². The number of hydrogen-bond acceptors (Lipinski definition) is 2. The van der Waals surface area contributed by atoms with Crippen LogP contribution in [0.4, 0.5) is 0 Å². The fourth-order valence-electron chi connectivity index (χ4n) is 7.61. The van der Waals surface area contributed by atoms with Gasteiger partial charge in [-0.25, -0.2) is 0 Å². The molecule has 0 aromatic heterocycles. The maximum Gasteiger partial charge on any atom is 0.0579 e. The number of ether oxygens (including phenoxy) is 2. The van der Waals surface area contributed by atoms with Crippen LogP contribution in [-0.4, -0.2) is 26.4 Å². The highest BCUT2D eigenvalue weighted by Gasteiger charge is 2.59. The van der Waals surface area contributed by atoms with Gasteiger partial charge >= 0.3 is 0 Å². The minimum Gasteiger partial charge on any atom is -0.381 e. The van der Waals surface area contributed by atoms with Crippen LogP contribution >= 0.6 is 0 Å². The van der Waals surface area contributed by atoms with Crippen molar-refractivity contribution >= 4 is 0 Å². The standard InChI is InChI=1S/C21H36O2/c1-20-9-8-18-17(19(20)12-16(13-20)23-4)6-5-14-11-15(22-3)7-10-21(14,18)2/h14-19H,5-13H2,1-4H3/t14?,15?,16?,17-,18+,19+,20-,21+/m1/s1. The maximum atomic E-state index is 5.79. The van der Waals surface area contributed by atoms with Crippen molar-refractivity contribution in [2.24, 2.45) is 34.5 Å². The van der Waals surface area contributed by atoms with Gasteiger partial charge in [-0.15, -0.1) is 0 Å². The quantitative estimate of drug-likeness (QED) is 0.708. The first-order valence-corrected chi connectivity index (χ1v) is 10.1. The molecule has 2 heteroatoms. The van der Waals surface area contributed by atoms with Crippen LogP contribution in [0.1, 0.15) is 71.6 Å².